The maximum atomic E-state index is 12.1. The second-order valence-corrected chi connectivity index (χ2v) is 9.53. The molecule has 0 atom stereocenters. The van der Waals surface area contributed by atoms with Gasteiger partial charge in [-0.3, -0.25) is 4.79 Å². The molecule has 0 radical (unpaired) electrons. The van der Waals surface area contributed by atoms with Crippen LogP contribution < -0.4 is 9.47 Å². The topological polar surface area (TPSA) is 108 Å². The van der Waals surface area contributed by atoms with Gasteiger partial charge < -0.3 is 18.8 Å². The van der Waals surface area contributed by atoms with Crippen molar-refractivity contribution in [1.82, 2.24) is 29.5 Å². The molecule has 4 heterocycles. The summed E-state index contributed by atoms with van der Waals surface area (Å²) in [6.07, 6.45) is 4.95. The molecule has 38 heavy (non-hydrogen) atoms. The van der Waals surface area contributed by atoms with Crippen LogP contribution in [0.15, 0.2) is 70.9 Å². The summed E-state index contributed by atoms with van der Waals surface area (Å²) in [6.45, 7) is 0.263. The standard InChI is InChI=1S/C27H22N6O4S/c1-32(2)26(34)17-6-4-16(5-7-17)25-30-18(15-38-25)14-36-22-10-19(35-3)11-23-20(22)12-24(37-23)21-13-33-27(31-21)28-8-9-29-33/h4-13,15H,14H2,1-3H3. The van der Waals surface area contributed by atoms with Gasteiger partial charge in [0.15, 0.2) is 5.76 Å². The van der Waals surface area contributed by atoms with E-state index < -0.39 is 0 Å². The summed E-state index contributed by atoms with van der Waals surface area (Å²) in [7, 11) is 5.06. The average molecular weight is 527 g/mol. The molecule has 6 aromatic rings. The molecule has 0 spiro atoms. The lowest BCUT2D eigenvalue weighted by atomic mass is 10.1. The Bertz CT molecular complexity index is 1740. The monoisotopic (exact) mass is 526 g/mol. The van der Waals surface area contributed by atoms with Crippen molar-refractivity contribution in [3.63, 3.8) is 0 Å². The number of methoxy groups -OCH3 is 1. The summed E-state index contributed by atoms with van der Waals surface area (Å²) in [5.74, 6) is 2.23. The van der Waals surface area contributed by atoms with Crippen LogP contribution in [0.4, 0.5) is 0 Å². The number of furan rings is 1. The van der Waals surface area contributed by atoms with Gasteiger partial charge in [0.05, 0.1) is 36.8 Å². The highest BCUT2D eigenvalue weighted by Crippen LogP contribution is 2.37. The Hall–Kier alpha value is -4.77. The van der Waals surface area contributed by atoms with E-state index in [1.54, 1.807) is 49.2 Å². The molecule has 0 N–H and O–H groups in total. The first-order valence-electron chi connectivity index (χ1n) is 11.7. The van der Waals surface area contributed by atoms with Crippen LogP contribution in [0, 0.1) is 0 Å². The first-order valence-corrected chi connectivity index (χ1v) is 12.5. The van der Waals surface area contributed by atoms with Crippen molar-refractivity contribution < 1.29 is 18.7 Å². The highest BCUT2D eigenvalue weighted by molar-refractivity contribution is 7.13. The van der Waals surface area contributed by atoms with Crippen LogP contribution in [0.2, 0.25) is 0 Å². The minimum absolute atomic E-state index is 0.0358. The third-order valence-electron chi connectivity index (χ3n) is 5.89. The normalized spacial score (nSPS) is 11.2. The van der Waals surface area contributed by atoms with E-state index >= 15 is 0 Å². The summed E-state index contributed by atoms with van der Waals surface area (Å²) in [5, 5.41) is 7.81. The second-order valence-electron chi connectivity index (χ2n) is 8.67. The maximum absolute atomic E-state index is 12.1. The molecule has 0 fully saturated rings. The Morgan fingerprint density at radius 3 is 2.71 bits per heavy atom. The zero-order chi connectivity index (χ0) is 26.2. The molecule has 0 aliphatic rings. The molecular formula is C27H22N6O4S. The van der Waals surface area contributed by atoms with Crippen LogP contribution in [0.5, 0.6) is 11.5 Å². The molecule has 2 aromatic carbocycles. The largest absolute Gasteiger partial charge is 0.496 e. The van der Waals surface area contributed by atoms with E-state index in [1.165, 1.54) is 11.3 Å². The molecule has 0 saturated heterocycles. The first-order chi connectivity index (χ1) is 18.5. The Morgan fingerprint density at radius 1 is 1.11 bits per heavy atom. The zero-order valence-corrected chi connectivity index (χ0v) is 21.6. The molecule has 0 saturated carbocycles. The van der Waals surface area contributed by atoms with Crippen LogP contribution in [0.1, 0.15) is 16.1 Å². The fourth-order valence-corrected chi connectivity index (χ4v) is 4.78. The zero-order valence-electron chi connectivity index (χ0n) is 20.8. The van der Waals surface area contributed by atoms with E-state index in [0.29, 0.717) is 39.9 Å². The van der Waals surface area contributed by atoms with Gasteiger partial charge in [0.1, 0.15) is 34.4 Å². The van der Waals surface area contributed by atoms with Gasteiger partial charge in [0.25, 0.3) is 11.7 Å². The van der Waals surface area contributed by atoms with Gasteiger partial charge in [-0.15, -0.1) is 11.3 Å². The predicted molar refractivity (Wildman–Crippen MR) is 142 cm³/mol. The van der Waals surface area contributed by atoms with E-state index in [4.69, 9.17) is 18.9 Å². The van der Waals surface area contributed by atoms with Crippen molar-refractivity contribution in [3.05, 3.63) is 77.7 Å². The van der Waals surface area contributed by atoms with Gasteiger partial charge in [-0.2, -0.15) is 5.10 Å². The average Bonchev–Trinajstić information content (AvgIpc) is 3.69. The van der Waals surface area contributed by atoms with E-state index in [-0.39, 0.29) is 12.5 Å². The van der Waals surface area contributed by atoms with Crippen molar-refractivity contribution >= 4 is 34.0 Å². The molecule has 11 heteroatoms. The van der Waals surface area contributed by atoms with E-state index in [2.05, 4.69) is 15.1 Å². The molecule has 0 aliphatic carbocycles. The molecule has 0 aliphatic heterocycles. The number of ether oxygens (including phenoxy) is 2. The molecular weight excluding hydrogens is 504 g/mol. The highest BCUT2D eigenvalue weighted by atomic mass is 32.1. The number of fused-ring (bicyclic) bond motifs is 2. The summed E-state index contributed by atoms with van der Waals surface area (Å²) in [5.41, 5.74) is 3.59. The van der Waals surface area contributed by atoms with Crippen LogP contribution in [-0.4, -0.2) is 56.6 Å². The highest BCUT2D eigenvalue weighted by Gasteiger charge is 2.17. The number of rotatable bonds is 7. The lowest BCUT2D eigenvalue weighted by molar-refractivity contribution is 0.0827. The number of carbonyl (C=O) groups is 1. The molecule has 6 rings (SSSR count). The number of benzene rings is 2. The third kappa shape index (κ3) is 4.43. The van der Waals surface area contributed by atoms with E-state index in [9.17, 15) is 4.79 Å². The number of hydrogen-bond donors (Lipinski definition) is 0. The van der Waals surface area contributed by atoms with Crippen molar-refractivity contribution in [3.8, 4) is 33.5 Å². The quantitative estimate of drug-likeness (QED) is 0.288. The SMILES string of the molecule is COc1cc(OCc2csc(-c3ccc(C(=O)N(C)C)cc3)n2)c2cc(-c3cn4nccnc4n3)oc2c1. The minimum atomic E-state index is -0.0358. The molecule has 190 valence electrons. The van der Waals surface area contributed by atoms with Gasteiger partial charge in [-0.1, -0.05) is 12.1 Å². The lowest BCUT2D eigenvalue weighted by Crippen LogP contribution is -2.21. The molecule has 10 nitrogen and oxygen atoms in total. The van der Waals surface area contributed by atoms with Crippen LogP contribution in [-0.2, 0) is 6.61 Å². The van der Waals surface area contributed by atoms with Gasteiger partial charge >= 0.3 is 0 Å². The fraction of sp³-hybridized carbons (Fsp3) is 0.148. The number of hydrogen-bond acceptors (Lipinski definition) is 9. The summed E-state index contributed by atoms with van der Waals surface area (Å²) < 4.78 is 19.3. The Balaban J connectivity index is 1.24. The smallest absolute Gasteiger partial charge is 0.253 e. The number of aromatic nitrogens is 5. The first kappa shape index (κ1) is 23.6. The van der Waals surface area contributed by atoms with Crippen molar-refractivity contribution in [2.45, 2.75) is 6.61 Å². The fourth-order valence-electron chi connectivity index (χ4n) is 3.97. The minimum Gasteiger partial charge on any atom is -0.496 e. The Labute approximate surface area is 221 Å². The van der Waals surface area contributed by atoms with Crippen molar-refractivity contribution in [1.29, 1.82) is 0 Å². The van der Waals surface area contributed by atoms with Crippen molar-refractivity contribution in [2.24, 2.45) is 0 Å². The lowest BCUT2D eigenvalue weighted by Gasteiger charge is -2.10. The maximum Gasteiger partial charge on any atom is 0.253 e. The molecule has 0 unspecified atom stereocenters. The number of thiazole rings is 1. The van der Waals surface area contributed by atoms with E-state index in [1.807, 2.05) is 47.8 Å². The number of imidazole rings is 1. The number of nitrogens with zero attached hydrogens (tertiary/aromatic N) is 6. The predicted octanol–water partition coefficient (Wildman–Crippen LogP) is 4.95. The van der Waals surface area contributed by atoms with Crippen LogP contribution in [0.25, 0.3) is 38.8 Å². The van der Waals surface area contributed by atoms with Crippen molar-refractivity contribution in [2.75, 3.05) is 21.2 Å². The van der Waals surface area contributed by atoms with Crippen LogP contribution in [0.3, 0.4) is 0 Å². The Kier molecular flexibility index (Phi) is 5.97. The number of carbonyl (C=O) groups excluding carboxylic acids is 1. The van der Waals surface area contributed by atoms with Crippen LogP contribution >= 0.6 is 11.3 Å². The number of amides is 1. The Morgan fingerprint density at radius 2 is 1.95 bits per heavy atom. The van der Waals surface area contributed by atoms with E-state index in [0.717, 1.165) is 21.7 Å². The van der Waals surface area contributed by atoms with Gasteiger partial charge in [0.2, 0.25) is 0 Å². The van der Waals surface area contributed by atoms with Gasteiger partial charge in [-0.25, -0.2) is 19.5 Å². The van der Waals surface area contributed by atoms with Gasteiger partial charge in [-0.05, 0) is 18.2 Å². The molecule has 4 aromatic heterocycles. The van der Waals surface area contributed by atoms with Gasteiger partial charge in [0, 0.05) is 42.7 Å². The summed E-state index contributed by atoms with van der Waals surface area (Å²) in [4.78, 5) is 27.1. The second kappa shape index (κ2) is 9.60. The summed E-state index contributed by atoms with van der Waals surface area (Å²) in [6, 6.07) is 13.0. The third-order valence-corrected chi connectivity index (χ3v) is 6.83. The summed E-state index contributed by atoms with van der Waals surface area (Å²) >= 11 is 1.52. The molecule has 0 bridgehead atoms. The molecule has 1 amide bonds.